The van der Waals surface area contributed by atoms with Crippen LogP contribution in [-0.2, 0) is 4.79 Å². The Balaban J connectivity index is 1.15. The molecule has 8 nitrogen and oxygen atoms in total. The molecule has 9 heteroatoms. The summed E-state index contributed by atoms with van der Waals surface area (Å²) in [5, 5.41) is 17.1. The van der Waals surface area contributed by atoms with E-state index in [4.69, 9.17) is 0 Å². The number of β-amino-alcohol motifs (C(OH)–C–C–N with tert-alkyl or cyclic N) is 1. The van der Waals surface area contributed by atoms with E-state index in [1.807, 2.05) is 58.8 Å². The lowest BCUT2D eigenvalue weighted by molar-refractivity contribution is -0.115. The Morgan fingerprint density at radius 2 is 1.74 bits per heavy atom. The molecule has 2 aromatic heterocycles. The van der Waals surface area contributed by atoms with Gasteiger partial charge in [-0.05, 0) is 53.6 Å². The number of carbonyl (C=O) groups excluding carboxylic acids is 2. The fourth-order valence-corrected chi connectivity index (χ4v) is 4.52. The van der Waals surface area contributed by atoms with Crippen molar-refractivity contribution in [3.8, 4) is 22.4 Å². The molecule has 4 aromatic rings. The highest BCUT2D eigenvalue weighted by atomic mass is 32.1. The monoisotopic (exact) mass is 485 g/mol. The number of thiazole rings is 1. The summed E-state index contributed by atoms with van der Waals surface area (Å²) in [6.07, 6.45) is 3.22. The minimum Gasteiger partial charge on any atom is -0.389 e. The first-order valence-electron chi connectivity index (χ1n) is 11.1. The van der Waals surface area contributed by atoms with Gasteiger partial charge in [-0.3, -0.25) is 14.6 Å². The van der Waals surface area contributed by atoms with Crippen molar-refractivity contribution < 1.29 is 14.7 Å². The highest BCUT2D eigenvalue weighted by molar-refractivity contribution is 7.14. The van der Waals surface area contributed by atoms with Crippen molar-refractivity contribution in [3.05, 3.63) is 84.0 Å². The molecule has 5 rings (SSSR count). The molecule has 1 fully saturated rings. The lowest BCUT2D eigenvalue weighted by Gasteiger charge is -2.37. The Morgan fingerprint density at radius 1 is 1.00 bits per heavy atom. The van der Waals surface area contributed by atoms with Gasteiger partial charge in [-0.15, -0.1) is 11.3 Å². The second-order valence-electron chi connectivity index (χ2n) is 8.19. The highest BCUT2D eigenvalue weighted by Crippen LogP contribution is 2.28. The number of carbonyl (C=O) groups is 2. The van der Waals surface area contributed by atoms with E-state index in [0.717, 1.165) is 28.1 Å². The van der Waals surface area contributed by atoms with Gasteiger partial charge in [-0.1, -0.05) is 18.2 Å². The largest absolute Gasteiger partial charge is 0.389 e. The molecular formula is C26H23N5O3S. The minimum atomic E-state index is -0.351. The van der Waals surface area contributed by atoms with Crippen molar-refractivity contribution in [2.24, 2.45) is 0 Å². The number of anilines is 2. The molecule has 2 aromatic carbocycles. The molecular weight excluding hydrogens is 462 g/mol. The van der Waals surface area contributed by atoms with Crippen LogP contribution in [-0.4, -0.2) is 52.6 Å². The number of nitrogens with zero attached hydrogens (tertiary/aromatic N) is 3. The van der Waals surface area contributed by atoms with Crippen LogP contribution in [0.3, 0.4) is 0 Å². The molecule has 3 N–H and O–H groups in total. The van der Waals surface area contributed by atoms with Crippen molar-refractivity contribution in [3.63, 3.8) is 0 Å². The van der Waals surface area contributed by atoms with Crippen LogP contribution >= 0.6 is 11.3 Å². The van der Waals surface area contributed by atoms with E-state index in [2.05, 4.69) is 20.6 Å². The van der Waals surface area contributed by atoms with E-state index in [-0.39, 0.29) is 24.5 Å². The Labute approximate surface area is 206 Å². The molecule has 3 heterocycles. The van der Waals surface area contributed by atoms with Crippen molar-refractivity contribution in [1.82, 2.24) is 15.3 Å². The Kier molecular flexibility index (Phi) is 6.51. The van der Waals surface area contributed by atoms with E-state index in [0.29, 0.717) is 23.8 Å². The molecule has 1 aliphatic rings. The third kappa shape index (κ3) is 5.37. The number of amides is 2. The van der Waals surface area contributed by atoms with Crippen molar-refractivity contribution in [1.29, 1.82) is 0 Å². The van der Waals surface area contributed by atoms with Gasteiger partial charge in [0.05, 0.1) is 18.3 Å². The van der Waals surface area contributed by atoms with Crippen LogP contribution in [0.1, 0.15) is 10.4 Å². The van der Waals surface area contributed by atoms with Crippen LogP contribution in [0.15, 0.2) is 78.4 Å². The second kappa shape index (κ2) is 10.0. The zero-order valence-corrected chi connectivity index (χ0v) is 19.5. The summed E-state index contributed by atoms with van der Waals surface area (Å²) < 4.78 is 0. The van der Waals surface area contributed by atoms with Gasteiger partial charge in [0, 0.05) is 47.7 Å². The van der Waals surface area contributed by atoms with Crippen LogP contribution in [0.25, 0.3) is 22.4 Å². The quantitative estimate of drug-likeness (QED) is 0.370. The zero-order valence-electron chi connectivity index (χ0n) is 18.7. The summed E-state index contributed by atoms with van der Waals surface area (Å²) in [7, 11) is 0. The molecule has 0 aliphatic carbocycles. The number of aromatic nitrogens is 2. The highest BCUT2D eigenvalue weighted by Gasteiger charge is 2.24. The van der Waals surface area contributed by atoms with E-state index in [9.17, 15) is 14.7 Å². The SMILES string of the molecule is O=C(CNC(=O)c1ccc(N2CC(O)C2)cc1)Nc1nc(-c2cccc(-c3ccncc3)c2)cs1. The Bertz CT molecular complexity index is 1330. The topological polar surface area (TPSA) is 107 Å². The summed E-state index contributed by atoms with van der Waals surface area (Å²) in [5.41, 5.74) is 5.25. The summed E-state index contributed by atoms with van der Waals surface area (Å²) >= 11 is 1.33. The van der Waals surface area contributed by atoms with Crippen LogP contribution in [0.4, 0.5) is 10.8 Å². The lowest BCUT2D eigenvalue weighted by atomic mass is 10.0. The Hall–Kier alpha value is -4.08. The first-order valence-corrected chi connectivity index (χ1v) is 12.0. The maximum Gasteiger partial charge on any atom is 0.251 e. The van der Waals surface area contributed by atoms with Gasteiger partial charge in [-0.2, -0.15) is 0 Å². The maximum absolute atomic E-state index is 12.4. The van der Waals surface area contributed by atoms with Crippen LogP contribution in [0.2, 0.25) is 0 Å². The van der Waals surface area contributed by atoms with Crippen LogP contribution < -0.4 is 15.5 Å². The molecule has 2 amide bonds. The summed E-state index contributed by atoms with van der Waals surface area (Å²) in [4.78, 5) is 35.4. The van der Waals surface area contributed by atoms with Gasteiger partial charge in [0.25, 0.3) is 5.91 Å². The molecule has 0 bridgehead atoms. The average molecular weight is 486 g/mol. The summed E-state index contributed by atoms with van der Waals surface area (Å²) in [5.74, 6) is -0.681. The third-order valence-electron chi connectivity index (χ3n) is 5.69. The smallest absolute Gasteiger partial charge is 0.251 e. The van der Waals surface area contributed by atoms with E-state index in [1.54, 1.807) is 24.5 Å². The first-order chi connectivity index (χ1) is 17.0. The van der Waals surface area contributed by atoms with Crippen molar-refractivity contribution in [2.45, 2.75) is 6.10 Å². The van der Waals surface area contributed by atoms with Gasteiger partial charge >= 0.3 is 0 Å². The van der Waals surface area contributed by atoms with Gasteiger partial charge in [0.15, 0.2) is 5.13 Å². The number of pyridine rings is 1. The number of hydrogen-bond donors (Lipinski definition) is 3. The van der Waals surface area contributed by atoms with E-state index < -0.39 is 0 Å². The number of rotatable bonds is 7. The molecule has 176 valence electrons. The molecule has 1 aliphatic heterocycles. The van der Waals surface area contributed by atoms with E-state index in [1.165, 1.54) is 11.3 Å². The van der Waals surface area contributed by atoms with E-state index >= 15 is 0 Å². The molecule has 0 unspecified atom stereocenters. The number of aliphatic hydroxyl groups excluding tert-OH is 1. The standard InChI is InChI=1S/C26H23N5O3S/c32-22-14-31(15-22)21-6-4-18(5-7-21)25(34)28-13-24(33)30-26-29-23(16-35-26)20-3-1-2-19(12-20)17-8-10-27-11-9-17/h1-12,16,22,32H,13-15H2,(H,28,34)(H,29,30,33). The predicted molar refractivity (Wildman–Crippen MR) is 136 cm³/mol. The van der Waals surface area contributed by atoms with Crippen molar-refractivity contribution in [2.75, 3.05) is 29.9 Å². The summed E-state index contributed by atoms with van der Waals surface area (Å²) in [6, 6.07) is 19.0. The fraction of sp³-hybridized carbons (Fsp3) is 0.154. The Morgan fingerprint density at radius 3 is 2.49 bits per heavy atom. The normalized spacial score (nSPS) is 13.2. The minimum absolute atomic E-state index is 0.161. The molecule has 0 radical (unpaired) electrons. The third-order valence-corrected chi connectivity index (χ3v) is 6.45. The molecule has 0 atom stereocenters. The van der Waals surface area contributed by atoms with Gasteiger partial charge in [0.2, 0.25) is 5.91 Å². The lowest BCUT2D eigenvalue weighted by Crippen LogP contribution is -2.50. The first kappa shape index (κ1) is 22.7. The molecule has 0 spiro atoms. The van der Waals surface area contributed by atoms with Crippen molar-refractivity contribution >= 4 is 34.0 Å². The van der Waals surface area contributed by atoms with Crippen LogP contribution in [0.5, 0.6) is 0 Å². The number of nitrogens with one attached hydrogen (secondary N) is 2. The van der Waals surface area contributed by atoms with Crippen LogP contribution in [0, 0.1) is 0 Å². The fourth-order valence-electron chi connectivity index (χ4n) is 3.78. The zero-order chi connectivity index (χ0) is 24.2. The summed E-state index contributed by atoms with van der Waals surface area (Å²) in [6.45, 7) is 1.03. The van der Waals surface area contributed by atoms with Gasteiger partial charge in [0.1, 0.15) is 0 Å². The predicted octanol–water partition coefficient (Wildman–Crippen LogP) is 3.42. The number of hydrogen-bond acceptors (Lipinski definition) is 7. The number of aliphatic hydroxyl groups is 1. The second-order valence-corrected chi connectivity index (χ2v) is 9.05. The maximum atomic E-state index is 12.4. The molecule has 1 saturated heterocycles. The average Bonchev–Trinajstić information content (AvgIpc) is 3.34. The number of benzene rings is 2. The molecule has 35 heavy (non-hydrogen) atoms. The van der Waals surface area contributed by atoms with Gasteiger partial charge in [-0.25, -0.2) is 4.98 Å². The van der Waals surface area contributed by atoms with Gasteiger partial charge < -0.3 is 20.6 Å². The molecule has 0 saturated carbocycles.